The standard InChI is InChI=1S/C13H15FN4O4/c1-2-13(4-19)9(20)7(3-14)12(22-13)18-6-17-8-10(18)15-5-16-11(8)21/h2,5-7,9,12,19-20H,1,3-4H2,(H,15,16,21)/t7-,9+,12-,13-/m1/s1. The molecule has 1 aliphatic heterocycles. The molecule has 3 N–H and O–H groups in total. The molecule has 9 heteroatoms. The highest BCUT2D eigenvalue weighted by atomic mass is 19.1. The number of alkyl halides is 1. The van der Waals surface area contributed by atoms with Gasteiger partial charge < -0.3 is 19.9 Å². The van der Waals surface area contributed by atoms with Gasteiger partial charge in [0.25, 0.3) is 5.56 Å². The van der Waals surface area contributed by atoms with Crippen LogP contribution in [-0.2, 0) is 4.74 Å². The second-order valence-electron chi connectivity index (χ2n) is 5.14. The molecule has 1 aliphatic rings. The van der Waals surface area contributed by atoms with Crippen LogP contribution in [0, 0.1) is 5.92 Å². The summed E-state index contributed by atoms with van der Waals surface area (Å²) in [5.74, 6) is -0.955. The minimum absolute atomic E-state index is 0.0818. The molecule has 0 aromatic carbocycles. The molecule has 1 fully saturated rings. The van der Waals surface area contributed by atoms with Crippen molar-refractivity contribution in [2.45, 2.75) is 17.9 Å². The predicted octanol–water partition coefficient (Wildman–Crippen LogP) is -0.488. The summed E-state index contributed by atoms with van der Waals surface area (Å²) >= 11 is 0. The number of ether oxygens (including phenoxy) is 1. The Morgan fingerprint density at radius 1 is 1.59 bits per heavy atom. The third-order valence-electron chi connectivity index (χ3n) is 4.02. The minimum Gasteiger partial charge on any atom is -0.393 e. The van der Waals surface area contributed by atoms with Crippen LogP contribution in [0.5, 0.6) is 0 Å². The van der Waals surface area contributed by atoms with E-state index < -0.39 is 42.7 Å². The van der Waals surface area contributed by atoms with Crippen molar-refractivity contribution in [3.05, 3.63) is 35.7 Å². The summed E-state index contributed by atoms with van der Waals surface area (Å²) in [4.78, 5) is 22.0. The van der Waals surface area contributed by atoms with E-state index in [4.69, 9.17) is 4.74 Å². The van der Waals surface area contributed by atoms with E-state index in [-0.39, 0.29) is 11.2 Å². The second-order valence-corrected chi connectivity index (χ2v) is 5.14. The highest BCUT2D eigenvalue weighted by molar-refractivity contribution is 5.68. The fourth-order valence-electron chi connectivity index (χ4n) is 2.74. The van der Waals surface area contributed by atoms with Gasteiger partial charge in [-0.2, -0.15) is 0 Å². The van der Waals surface area contributed by atoms with E-state index in [2.05, 4.69) is 21.5 Å². The number of hydrogen-bond acceptors (Lipinski definition) is 6. The molecule has 4 atom stereocenters. The summed E-state index contributed by atoms with van der Waals surface area (Å²) in [6.07, 6.45) is 1.49. The van der Waals surface area contributed by atoms with Crippen molar-refractivity contribution in [1.82, 2.24) is 19.5 Å². The van der Waals surface area contributed by atoms with Crippen LogP contribution in [0.15, 0.2) is 30.1 Å². The van der Waals surface area contributed by atoms with Gasteiger partial charge in [0.05, 0.1) is 38.0 Å². The van der Waals surface area contributed by atoms with Crippen LogP contribution in [0.1, 0.15) is 6.23 Å². The van der Waals surface area contributed by atoms with E-state index in [1.807, 2.05) is 0 Å². The quantitative estimate of drug-likeness (QED) is 0.657. The van der Waals surface area contributed by atoms with E-state index in [0.29, 0.717) is 0 Å². The number of aromatic amines is 1. The van der Waals surface area contributed by atoms with Crippen molar-refractivity contribution in [2.24, 2.45) is 5.92 Å². The van der Waals surface area contributed by atoms with Crippen molar-refractivity contribution in [3.8, 4) is 0 Å². The average molecular weight is 310 g/mol. The van der Waals surface area contributed by atoms with Gasteiger partial charge in [-0.3, -0.25) is 13.8 Å². The average Bonchev–Trinajstić information content (AvgIpc) is 3.07. The molecule has 0 amide bonds. The van der Waals surface area contributed by atoms with Crippen LogP contribution in [0.3, 0.4) is 0 Å². The zero-order valence-electron chi connectivity index (χ0n) is 11.5. The van der Waals surface area contributed by atoms with Crippen LogP contribution >= 0.6 is 0 Å². The first kappa shape index (κ1) is 14.8. The lowest BCUT2D eigenvalue weighted by molar-refractivity contribution is -0.0959. The molecule has 0 bridgehead atoms. The van der Waals surface area contributed by atoms with Gasteiger partial charge in [0, 0.05) is 0 Å². The molecule has 8 nitrogen and oxygen atoms in total. The second kappa shape index (κ2) is 5.27. The summed E-state index contributed by atoms with van der Waals surface area (Å²) in [6, 6.07) is 0. The van der Waals surface area contributed by atoms with Gasteiger partial charge in [-0.25, -0.2) is 9.97 Å². The van der Waals surface area contributed by atoms with Gasteiger partial charge in [-0.1, -0.05) is 6.08 Å². The van der Waals surface area contributed by atoms with E-state index in [9.17, 15) is 19.4 Å². The van der Waals surface area contributed by atoms with Crippen LogP contribution in [-0.4, -0.2) is 54.7 Å². The Kier molecular flexibility index (Phi) is 3.55. The highest BCUT2D eigenvalue weighted by Gasteiger charge is 2.53. The molecule has 3 heterocycles. The first-order valence-electron chi connectivity index (χ1n) is 6.64. The number of fused-ring (bicyclic) bond motifs is 1. The zero-order valence-corrected chi connectivity index (χ0v) is 11.5. The molecule has 3 rings (SSSR count). The number of halogens is 1. The number of aromatic nitrogens is 4. The molecule has 2 aromatic heterocycles. The number of nitrogens with zero attached hydrogens (tertiary/aromatic N) is 3. The lowest BCUT2D eigenvalue weighted by atomic mass is 9.91. The summed E-state index contributed by atoms with van der Waals surface area (Å²) in [7, 11) is 0. The van der Waals surface area contributed by atoms with Gasteiger partial charge in [-0.05, 0) is 0 Å². The molecule has 0 aliphatic carbocycles. The van der Waals surface area contributed by atoms with Crippen molar-refractivity contribution in [1.29, 1.82) is 0 Å². The van der Waals surface area contributed by atoms with E-state index in [1.165, 1.54) is 23.3 Å². The summed E-state index contributed by atoms with van der Waals surface area (Å²) in [6.45, 7) is 2.10. The topological polar surface area (TPSA) is 113 Å². The first-order valence-corrected chi connectivity index (χ1v) is 6.64. The van der Waals surface area contributed by atoms with Crippen LogP contribution in [0.4, 0.5) is 4.39 Å². The number of nitrogens with one attached hydrogen (secondary N) is 1. The van der Waals surface area contributed by atoms with E-state index >= 15 is 0 Å². The fourth-order valence-corrected chi connectivity index (χ4v) is 2.74. The largest absolute Gasteiger partial charge is 0.393 e. The number of hydrogen-bond donors (Lipinski definition) is 3. The molecule has 2 aromatic rings. The predicted molar refractivity (Wildman–Crippen MR) is 73.8 cm³/mol. The van der Waals surface area contributed by atoms with Crippen molar-refractivity contribution in [2.75, 3.05) is 13.3 Å². The summed E-state index contributed by atoms with van der Waals surface area (Å²) in [5.41, 5.74) is -1.62. The van der Waals surface area contributed by atoms with Crippen LogP contribution < -0.4 is 5.56 Å². The van der Waals surface area contributed by atoms with Gasteiger partial charge >= 0.3 is 0 Å². The molecule has 0 spiro atoms. The lowest BCUT2D eigenvalue weighted by Crippen LogP contribution is -2.43. The Morgan fingerprint density at radius 2 is 2.36 bits per heavy atom. The molecule has 0 unspecified atom stereocenters. The number of aliphatic hydroxyl groups is 2. The first-order chi connectivity index (χ1) is 10.6. The minimum atomic E-state index is -1.47. The van der Waals surface area contributed by atoms with Crippen LogP contribution in [0.25, 0.3) is 11.2 Å². The fraction of sp³-hybridized carbons (Fsp3) is 0.462. The Balaban J connectivity index is 2.12. The Hall–Kier alpha value is -2.10. The van der Waals surface area contributed by atoms with Gasteiger partial charge in [0.15, 0.2) is 11.2 Å². The van der Waals surface area contributed by atoms with Gasteiger partial charge in [0.1, 0.15) is 11.8 Å². The van der Waals surface area contributed by atoms with E-state index in [1.54, 1.807) is 0 Å². The molecule has 0 saturated carbocycles. The number of rotatable bonds is 4. The van der Waals surface area contributed by atoms with Crippen molar-refractivity contribution in [3.63, 3.8) is 0 Å². The Bertz CT molecular complexity index is 760. The maximum atomic E-state index is 13.4. The normalized spacial score (nSPS) is 31.7. The Morgan fingerprint density at radius 3 is 3.00 bits per heavy atom. The molecule has 1 saturated heterocycles. The van der Waals surface area contributed by atoms with Gasteiger partial charge in [-0.15, -0.1) is 6.58 Å². The molecular formula is C13H15FN4O4. The van der Waals surface area contributed by atoms with E-state index in [0.717, 1.165) is 0 Å². The molecule has 0 radical (unpaired) electrons. The summed E-state index contributed by atoms with van der Waals surface area (Å²) < 4.78 is 20.5. The SMILES string of the molecule is C=C[C@]1(CO)O[C@@H](n2cnc3c(=O)[nH]cnc32)[C@H](CF)[C@@H]1O. The lowest BCUT2D eigenvalue weighted by Gasteiger charge is -2.26. The van der Waals surface area contributed by atoms with Crippen LogP contribution in [0.2, 0.25) is 0 Å². The number of aliphatic hydroxyl groups excluding tert-OH is 2. The van der Waals surface area contributed by atoms with Crippen molar-refractivity contribution >= 4 is 11.2 Å². The van der Waals surface area contributed by atoms with Gasteiger partial charge in [0.2, 0.25) is 0 Å². The molecule has 22 heavy (non-hydrogen) atoms. The molecular weight excluding hydrogens is 295 g/mol. The highest BCUT2D eigenvalue weighted by Crippen LogP contribution is 2.42. The number of H-pyrrole nitrogens is 1. The molecule has 118 valence electrons. The smallest absolute Gasteiger partial charge is 0.278 e. The zero-order chi connectivity index (χ0) is 15.9. The third kappa shape index (κ3) is 1.90. The van der Waals surface area contributed by atoms with Crippen molar-refractivity contribution < 1.29 is 19.3 Å². The Labute approximate surface area is 123 Å². The number of imidazole rings is 1. The third-order valence-corrected chi connectivity index (χ3v) is 4.02. The maximum absolute atomic E-state index is 13.4. The summed E-state index contributed by atoms with van der Waals surface area (Å²) in [5, 5.41) is 19.8. The monoisotopic (exact) mass is 310 g/mol. The maximum Gasteiger partial charge on any atom is 0.278 e.